The van der Waals surface area contributed by atoms with Gasteiger partial charge in [0.15, 0.2) is 11.2 Å². The average Bonchev–Trinajstić information content (AvgIpc) is 3.49. The topological polar surface area (TPSA) is 105 Å². The van der Waals surface area contributed by atoms with Crippen molar-refractivity contribution in [1.29, 1.82) is 0 Å². The number of hydrogen-bond acceptors (Lipinski definition) is 5. The molecule has 0 atom stereocenters. The van der Waals surface area contributed by atoms with Crippen molar-refractivity contribution in [3.63, 3.8) is 0 Å². The summed E-state index contributed by atoms with van der Waals surface area (Å²) < 4.78 is 4.52. The number of aromatic nitrogens is 4. The summed E-state index contributed by atoms with van der Waals surface area (Å²) in [5, 5.41) is 10.9. The minimum Gasteiger partial charge on any atom is -0.320 e. The van der Waals surface area contributed by atoms with Gasteiger partial charge in [0.1, 0.15) is 0 Å². The predicted octanol–water partition coefficient (Wildman–Crippen LogP) is 2.95. The van der Waals surface area contributed by atoms with Crippen LogP contribution in [0.1, 0.15) is 30.0 Å². The zero-order valence-electron chi connectivity index (χ0n) is 16.8. The maximum Gasteiger partial charge on any atom is 0.337 e. The Kier molecular flexibility index (Phi) is 4.32. The minimum absolute atomic E-state index is 0.00335. The maximum absolute atomic E-state index is 13.3. The van der Waals surface area contributed by atoms with Crippen molar-refractivity contribution in [2.45, 2.75) is 32.4 Å². The second-order valence-electron chi connectivity index (χ2n) is 7.83. The summed E-state index contributed by atoms with van der Waals surface area (Å²) in [6.45, 7) is 2.25. The predicted molar refractivity (Wildman–Crippen MR) is 115 cm³/mol. The number of hydrogen-bond donors (Lipinski definition) is 0. The summed E-state index contributed by atoms with van der Waals surface area (Å²) in [5.41, 5.74) is 2.35. The summed E-state index contributed by atoms with van der Waals surface area (Å²) in [7, 11) is 0. The van der Waals surface area contributed by atoms with E-state index in [-0.39, 0.29) is 23.0 Å². The molecule has 0 amide bonds. The molecule has 1 saturated carbocycles. The Balaban J connectivity index is 1.71. The van der Waals surface area contributed by atoms with Gasteiger partial charge in [-0.2, -0.15) is 0 Å². The van der Waals surface area contributed by atoms with Crippen molar-refractivity contribution >= 4 is 16.9 Å². The molecule has 2 aromatic heterocycles. The fourth-order valence-electron chi connectivity index (χ4n) is 3.85. The van der Waals surface area contributed by atoms with Crippen LogP contribution in [0.2, 0.25) is 0 Å². The first-order valence-electron chi connectivity index (χ1n) is 9.97. The first-order valence-corrected chi connectivity index (χ1v) is 9.97. The first-order chi connectivity index (χ1) is 14.9. The van der Waals surface area contributed by atoms with Gasteiger partial charge in [0, 0.05) is 24.7 Å². The van der Waals surface area contributed by atoms with E-state index in [0.717, 1.165) is 24.0 Å². The Morgan fingerprint density at radius 2 is 1.87 bits per heavy atom. The molecule has 0 aliphatic heterocycles. The van der Waals surface area contributed by atoms with Crippen molar-refractivity contribution in [2.75, 3.05) is 0 Å². The second kappa shape index (κ2) is 7.05. The van der Waals surface area contributed by atoms with Crippen LogP contribution in [0.25, 0.3) is 16.9 Å². The Labute approximate surface area is 176 Å². The Morgan fingerprint density at radius 3 is 2.52 bits per heavy atom. The average molecular weight is 417 g/mol. The molecule has 31 heavy (non-hydrogen) atoms. The van der Waals surface area contributed by atoms with E-state index in [9.17, 15) is 19.7 Å². The summed E-state index contributed by atoms with van der Waals surface area (Å²) in [6.07, 6.45) is 3.13. The molecule has 5 rings (SSSR count). The van der Waals surface area contributed by atoms with Crippen molar-refractivity contribution in [1.82, 2.24) is 18.7 Å². The highest BCUT2D eigenvalue weighted by atomic mass is 16.6. The normalized spacial score (nSPS) is 13.6. The van der Waals surface area contributed by atoms with Crippen molar-refractivity contribution in [3.8, 4) is 5.69 Å². The van der Waals surface area contributed by atoms with Crippen LogP contribution < -0.4 is 11.2 Å². The van der Waals surface area contributed by atoms with Gasteiger partial charge in [-0.05, 0) is 43.0 Å². The van der Waals surface area contributed by atoms with Crippen LogP contribution in [0.4, 0.5) is 5.69 Å². The molecule has 0 radical (unpaired) electrons. The van der Waals surface area contributed by atoms with E-state index < -0.39 is 4.92 Å². The number of benzene rings is 2. The van der Waals surface area contributed by atoms with Gasteiger partial charge in [-0.3, -0.25) is 19.5 Å². The zero-order chi connectivity index (χ0) is 21.7. The number of nitro benzene ring substituents is 1. The van der Waals surface area contributed by atoms with Crippen LogP contribution in [-0.4, -0.2) is 23.6 Å². The van der Waals surface area contributed by atoms with Gasteiger partial charge in [-0.1, -0.05) is 24.3 Å². The highest BCUT2D eigenvalue weighted by molar-refractivity contribution is 5.72. The molecule has 2 heterocycles. The Morgan fingerprint density at radius 1 is 1.13 bits per heavy atom. The smallest absolute Gasteiger partial charge is 0.320 e. The first kappa shape index (κ1) is 19.0. The van der Waals surface area contributed by atoms with Crippen molar-refractivity contribution < 1.29 is 4.92 Å². The number of fused-ring (bicyclic) bond motifs is 1. The highest BCUT2D eigenvalue weighted by Gasteiger charge is 2.30. The largest absolute Gasteiger partial charge is 0.337 e. The van der Waals surface area contributed by atoms with Gasteiger partial charge in [-0.15, -0.1) is 0 Å². The van der Waals surface area contributed by atoms with Gasteiger partial charge < -0.3 is 4.57 Å². The van der Waals surface area contributed by atoms with Crippen LogP contribution in [0.5, 0.6) is 0 Å². The van der Waals surface area contributed by atoms with E-state index in [1.807, 2.05) is 31.2 Å². The highest BCUT2D eigenvalue weighted by Crippen LogP contribution is 2.32. The molecule has 0 bridgehead atoms. The van der Waals surface area contributed by atoms with Crippen LogP contribution in [0.3, 0.4) is 0 Å². The van der Waals surface area contributed by atoms with E-state index >= 15 is 0 Å². The van der Waals surface area contributed by atoms with Crippen molar-refractivity contribution in [3.05, 3.63) is 96.9 Å². The zero-order valence-corrected chi connectivity index (χ0v) is 16.8. The van der Waals surface area contributed by atoms with Gasteiger partial charge in [0.05, 0.1) is 16.9 Å². The van der Waals surface area contributed by atoms with E-state index in [2.05, 4.69) is 4.98 Å². The Hall–Kier alpha value is -4.01. The minimum atomic E-state index is -0.453. The quantitative estimate of drug-likeness (QED) is 0.367. The van der Waals surface area contributed by atoms with Crippen LogP contribution >= 0.6 is 0 Å². The molecular formula is C22H19N5O4. The molecular weight excluding hydrogens is 398 g/mol. The number of rotatable bonds is 5. The number of nitro groups is 1. The fourth-order valence-corrected chi connectivity index (χ4v) is 3.85. The molecule has 0 N–H and O–H groups in total. The lowest BCUT2D eigenvalue weighted by Crippen LogP contribution is -2.39. The van der Waals surface area contributed by atoms with Gasteiger partial charge in [0.2, 0.25) is 0 Å². The van der Waals surface area contributed by atoms with Crippen LogP contribution in [0, 0.1) is 17.0 Å². The SMILES string of the molecule is Cc1cccc(-n2c(=O)n(C3CC3)c(=O)c3c2ncn3Cc2ccc([N+](=O)[O-])cc2)c1. The van der Waals surface area contributed by atoms with Crippen molar-refractivity contribution in [2.24, 2.45) is 0 Å². The molecule has 0 unspecified atom stereocenters. The summed E-state index contributed by atoms with van der Waals surface area (Å²) in [6, 6.07) is 13.6. The third-order valence-electron chi connectivity index (χ3n) is 5.52. The van der Waals surface area contributed by atoms with Crippen LogP contribution in [0.15, 0.2) is 64.4 Å². The molecule has 0 saturated heterocycles. The molecule has 9 heteroatoms. The molecule has 9 nitrogen and oxygen atoms in total. The number of nitrogens with zero attached hydrogens (tertiary/aromatic N) is 5. The monoisotopic (exact) mass is 417 g/mol. The number of non-ortho nitro benzene ring substituents is 1. The summed E-state index contributed by atoms with van der Waals surface area (Å²) >= 11 is 0. The molecule has 0 spiro atoms. The molecule has 2 aromatic carbocycles. The Bertz CT molecular complexity index is 1440. The molecule has 1 fully saturated rings. The molecule has 1 aliphatic rings. The summed E-state index contributed by atoms with van der Waals surface area (Å²) in [4.78, 5) is 41.4. The van der Waals surface area contributed by atoms with Gasteiger partial charge in [0.25, 0.3) is 11.2 Å². The van der Waals surface area contributed by atoms with E-state index in [0.29, 0.717) is 23.4 Å². The summed E-state index contributed by atoms with van der Waals surface area (Å²) in [5.74, 6) is 0. The van der Waals surface area contributed by atoms with Gasteiger partial charge >= 0.3 is 5.69 Å². The van der Waals surface area contributed by atoms with E-state index in [1.54, 1.807) is 16.7 Å². The fraction of sp³-hybridized carbons (Fsp3) is 0.227. The molecule has 4 aromatic rings. The maximum atomic E-state index is 13.3. The van der Waals surface area contributed by atoms with Crippen LogP contribution in [-0.2, 0) is 6.54 Å². The standard InChI is InChI=1S/C22H19N5O4/c1-14-3-2-4-18(11-14)25-20-19(21(28)26(22(25)29)16-9-10-16)24(13-23-20)12-15-5-7-17(8-6-15)27(30)31/h2-8,11,13,16H,9-10,12H2,1H3. The number of aryl methyl sites for hydroxylation is 1. The van der Waals surface area contributed by atoms with E-state index in [1.165, 1.54) is 27.6 Å². The molecule has 156 valence electrons. The molecule has 1 aliphatic carbocycles. The second-order valence-corrected chi connectivity index (χ2v) is 7.83. The third-order valence-corrected chi connectivity index (χ3v) is 5.52. The lowest BCUT2D eigenvalue weighted by molar-refractivity contribution is -0.384. The lowest BCUT2D eigenvalue weighted by atomic mass is 10.2. The lowest BCUT2D eigenvalue weighted by Gasteiger charge is -2.12. The number of imidazole rings is 1. The third kappa shape index (κ3) is 3.24. The van der Waals surface area contributed by atoms with E-state index in [4.69, 9.17) is 0 Å². The van der Waals surface area contributed by atoms with Gasteiger partial charge in [-0.25, -0.2) is 14.3 Å².